The monoisotopic (exact) mass is 327 g/mol. The molecule has 3 atom stereocenters. The van der Waals surface area contributed by atoms with Crippen molar-refractivity contribution in [2.24, 2.45) is 0 Å². The van der Waals surface area contributed by atoms with Crippen LogP contribution in [0.1, 0.15) is 60.0 Å². The Bertz CT molecular complexity index is 663. The number of nitrogens with zero attached hydrogens (tertiary/aromatic N) is 1. The van der Waals surface area contributed by atoms with Crippen molar-refractivity contribution in [1.29, 1.82) is 0 Å². The SMILES string of the molecule is C[C@H]1CC(c2ccc3c(c2)CN(C2CCC(=O)NC2)C3=O)CCN1. The van der Waals surface area contributed by atoms with Crippen LogP contribution in [0.5, 0.6) is 0 Å². The number of hydrogen-bond donors (Lipinski definition) is 2. The van der Waals surface area contributed by atoms with E-state index in [2.05, 4.69) is 29.7 Å². The first-order valence-corrected chi connectivity index (χ1v) is 9.05. The van der Waals surface area contributed by atoms with E-state index in [0.717, 1.165) is 36.9 Å². The number of fused-ring (bicyclic) bond motifs is 1. The molecule has 2 N–H and O–H groups in total. The maximum atomic E-state index is 12.7. The lowest BCUT2D eigenvalue weighted by molar-refractivity contribution is -0.123. The number of piperidine rings is 2. The Kier molecular flexibility index (Phi) is 4.04. The van der Waals surface area contributed by atoms with Crippen LogP contribution in [0.3, 0.4) is 0 Å². The van der Waals surface area contributed by atoms with Gasteiger partial charge in [0.2, 0.25) is 5.91 Å². The van der Waals surface area contributed by atoms with E-state index in [9.17, 15) is 9.59 Å². The fourth-order valence-corrected chi connectivity index (χ4v) is 4.33. The molecule has 1 aromatic carbocycles. The van der Waals surface area contributed by atoms with Gasteiger partial charge in [0.05, 0.1) is 6.04 Å². The van der Waals surface area contributed by atoms with E-state index < -0.39 is 0 Å². The summed E-state index contributed by atoms with van der Waals surface area (Å²) in [5.41, 5.74) is 3.37. The molecule has 2 fully saturated rings. The fourth-order valence-electron chi connectivity index (χ4n) is 4.33. The van der Waals surface area contributed by atoms with Crippen LogP contribution in [0.4, 0.5) is 0 Å². The standard InChI is InChI=1S/C19H25N3O2/c1-12-8-14(6-7-20-12)13-2-4-17-15(9-13)11-22(19(17)24)16-3-5-18(23)21-10-16/h2,4,9,12,14,16,20H,3,5-8,10-11H2,1H3,(H,21,23)/t12-,14?,16?/m0/s1. The maximum Gasteiger partial charge on any atom is 0.254 e. The molecule has 0 saturated carbocycles. The highest BCUT2D eigenvalue weighted by atomic mass is 16.2. The molecular weight excluding hydrogens is 302 g/mol. The van der Waals surface area contributed by atoms with E-state index in [1.54, 1.807) is 0 Å². The van der Waals surface area contributed by atoms with E-state index in [1.807, 2.05) is 11.0 Å². The largest absolute Gasteiger partial charge is 0.354 e. The zero-order valence-electron chi connectivity index (χ0n) is 14.2. The minimum atomic E-state index is 0.0951. The molecule has 0 radical (unpaired) electrons. The number of rotatable bonds is 2. The van der Waals surface area contributed by atoms with Crippen LogP contribution in [0.2, 0.25) is 0 Å². The second-order valence-electron chi connectivity index (χ2n) is 7.42. The van der Waals surface area contributed by atoms with E-state index in [-0.39, 0.29) is 17.9 Å². The van der Waals surface area contributed by atoms with E-state index in [1.165, 1.54) is 5.56 Å². The van der Waals surface area contributed by atoms with Crippen molar-refractivity contribution in [3.05, 3.63) is 34.9 Å². The molecule has 3 heterocycles. The highest BCUT2D eigenvalue weighted by Gasteiger charge is 2.35. The van der Waals surface area contributed by atoms with Gasteiger partial charge in [-0.25, -0.2) is 0 Å². The molecule has 0 spiro atoms. The van der Waals surface area contributed by atoms with Gasteiger partial charge in [0.25, 0.3) is 5.91 Å². The lowest BCUT2D eigenvalue weighted by Crippen LogP contribution is -2.48. The molecule has 3 aliphatic rings. The summed E-state index contributed by atoms with van der Waals surface area (Å²) in [5.74, 6) is 0.804. The zero-order chi connectivity index (χ0) is 16.7. The first-order valence-electron chi connectivity index (χ1n) is 9.05. The molecule has 0 aliphatic carbocycles. The van der Waals surface area contributed by atoms with Crippen molar-refractivity contribution in [1.82, 2.24) is 15.5 Å². The third kappa shape index (κ3) is 2.81. The molecule has 0 bridgehead atoms. The Balaban J connectivity index is 1.52. The lowest BCUT2D eigenvalue weighted by atomic mass is 9.86. The first kappa shape index (κ1) is 15.6. The van der Waals surface area contributed by atoms with Crippen LogP contribution in [0.25, 0.3) is 0 Å². The predicted octanol–water partition coefficient (Wildman–Crippen LogP) is 1.78. The van der Waals surface area contributed by atoms with Crippen LogP contribution in [-0.2, 0) is 11.3 Å². The van der Waals surface area contributed by atoms with Gasteiger partial charge in [-0.3, -0.25) is 9.59 Å². The first-order chi connectivity index (χ1) is 11.6. The molecule has 3 aliphatic heterocycles. The molecular formula is C19H25N3O2. The van der Waals surface area contributed by atoms with Crippen LogP contribution in [-0.4, -0.2) is 41.9 Å². The summed E-state index contributed by atoms with van der Waals surface area (Å²) in [4.78, 5) is 26.0. The van der Waals surface area contributed by atoms with E-state index in [0.29, 0.717) is 31.5 Å². The summed E-state index contributed by atoms with van der Waals surface area (Å²) in [6, 6.07) is 7.09. The molecule has 128 valence electrons. The van der Waals surface area contributed by atoms with Crippen LogP contribution in [0, 0.1) is 0 Å². The minimum Gasteiger partial charge on any atom is -0.354 e. The van der Waals surface area contributed by atoms with Gasteiger partial charge in [-0.2, -0.15) is 0 Å². The molecule has 4 rings (SSSR count). The van der Waals surface area contributed by atoms with E-state index >= 15 is 0 Å². The third-order valence-electron chi connectivity index (χ3n) is 5.74. The quantitative estimate of drug-likeness (QED) is 0.870. The summed E-state index contributed by atoms with van der Waals surface area (Å²) in [5, 5.41) is 6.38. The third-order valence-corrected chi connectivity index (χ3v) is 5.74. The van der Waals surface area contributed by atoms with Crippen molar-refractivity contribution in [2.75, 3.05) is 13.1 Å². The molecule has 0 aromatic heterocycles. The Morgan fingerprint density at radius 2 is 2.08 bits per heavy atom. The van der Waals surface area contributed by atoms with Crippen LogP contribution < -0.4 is 10.6 Å². The van der Waals surface area contributed by atoms with Crippen molar-refractivity contribution < 1.29 is 9.59 Å². The van der Waals surface area contributed by atoms with Crippen LogP contribution >= 0.6 is 0 Å². The molecule has 5 nitrogen and oxygen atoms in total. The summed E-state index contributed by atoms with van der Waals surface area (Å²) < 4.78 is 0. The Labute approximate surface area is 142 Å². The highest BCUT2D eigenvalue weighted by Crippen LogP contribution is 2.33. The van der Waals surface area contributed by atoms with Gasteiger partial charge in [-0.05, 0) is 55.8 Å². The number of nitrogens with one attached hydrogen (secondary N) is 2. The van der Waals surface area contributed by atoms with Gasteiger partial charge >= 0.3 is 0 Å². The summed E-state index contributed by atoms with van der Waals surface area (Å²) >= 11 is 0. The van der Waals surface area contributed by atoms with E-state index in [4.69, 9.17) is 0 Å². The summed E-state index contributed by atoms with van der Waals surface area (Å²) in [6.07, 6.45) is 3.60. The Morgan fingerprint density at radius 3 is 2.83 bits per heavy atom. The molecule has 5 heteroatoms. The smallest absolute Gasteiger partial charge is 0.254 e. The van der Waals surface area contributed by atoms with Gasteiger partial charge in [0.1, 0.15) is 0 Å². The zero-order valence-corrected chi connectivity index (χ0v) is 14.2. The van der Waals surface area contributed by atoms with Crippen LogP contribution in [0.15, 0.2) is 18.2 Å². The van der Waals surface area contributed by atoms with Gasteiger partial charge in [0, 0.05) is 31.1 Å². The number of hydrogen-bond acceptors (Lipinski definition) is 3. The Hall–Kier alpha value is -1.88. The number of carbonyl (C=O) groups is 2. The molecule has 2 amide bonds. The second kappa shape index (κ2) is 6.20. The number of carbonyl (C=O) groups excluding carboxylic acids is 2. The highest BCUT2D eigenvalue weighted by molar-refractivity contribution is 5.98. The normalized spacial score (nSPS) is 30.2. The lowest BCUT2D eigenvalue weighted by Gasteiger charge is -2.31. The molecule has 24 heavy (non-hydrogen) atoms. The van der Waals surface area contributed by atoms with Crippen molar-refractivity contribution in [3.8, 4) is 0 Å². The van der Waals surface area contributed by atoms with Gasteiger partial charge < -0.3 is 15.5 Å². The fraction of sp³-hybridized carbons (Fsp3) is 0.579. The summed E-state index contributed by atoms with van der Waals surface area (Å²) in [6.45, 7) is 4.57. The average molecular weight is 327 g/mol. The van der Waals surface area contributed by atoms with Gasteiger partial charge in [-0.1, -0.05) is 12.1 Å². The molecule has 1 aromatic rings. The van der Waals surface area contributed by atoms with Crippen molar-refractivity contribution in [3.63, 3.8) is 0 Å². The van der Waals surface area contributed by atoms with Gasteiger partial charge in [0.15, 0.2) is 0 Å². The topological polar surface area (TPSA) is 61.4 Å². The number of amides is 2. The molecule has 2 unspecified atom stereocenters. The Morgan fingerprint density at radius 1 is 1.21 bits per heavy atom. The van der Waals surface area contributed by atoms with Crippen molar-refractivity contribution >= 4 is 11.8 Å². The second-order valence-corrected chi connectivity index (χ2v) is 7.42. The van der Waals surface area contributed by atoms with Crippen molar-refractivity contribution in [2.45, 2.75) is 57.2 Å². The minimum absolute atomic E-state index is 0.0951. The average Bonchev–Trinajstić information content (AvgIpc) is 2.92. The van der Waals surface area contributed by atoms with Gasteiger partial charge in [-0.15, -0.1) is 0 Å². The molecule has 2 saturated heterocycles. The maximum absolute atomic E-state index is 12.7. The summed E-state index contributed by atoms with van der Waals surface area (Å²) in [7, 11) is 0. The number of benzene rings is 1. The predicted molar refractivity (Wildman–Crippen MR) is 91.8 cm³/mol.